The zero-order valence-corrected chi connectivity index (χ0v) is 13.0. The molecule has 0 saturated heterocycles. The van der Waals surface area contributed by atoms with Crippen LogP contribution in [0.4, 0.5) is 0 Å². The van der Waals surface area contributed by atoms with Gasteiger partial charge in [-0.25, -0.2) is 0 Å². The van der Waals surface area contributed by atoms with Crippen LogP contribution in [0.15, 0.2) is 52.3 Å². The summed E-state index contributed by atoms with van der Waals surface area (Å²) >= 11 is 11.2. The first-order valence-electron chi connectivity index (χ1n) is 5.76. The van der Waals surface area contributed by atoms with Crippen LogP contribution in [0.5, 0.6) is 0 Å². The lowest BCUT2D eigenvalue weighted by atomic mass is 10.0. The third-order valence-electron chi connectivity index (χ3n) is 3.06. The lowest BCUT2D eigenvalue weighted by molar-refractivity contribution is 0.222. The molecular weight excluding hydrogens is 344 g/mol. The molecule has 0 amide bonds. The first kappa shape index (κ1) is 13.1. The normalized spacial score (nSPS) is 12.8. The Balaban J connectivity index is 2.13. The smallest absolute Gasteiger partial charge is 0.107 e. The molecule has 4 heteroatoms. The molecule has 0 radical (unpaired) electrons. The van der Waals surface area contributed by atoms with E-state index in [2.05, 4.69) is 22.0 Å². The fourth-order valence-corrected chi connectivity index (χ4v) is 3.84. The van der Waals surface area contributed by atoms with E-state index in [1.807, 2.05) is 35.7 Å². The highest BCUT2D eigenvalue weighted by Crippen LogP contribution is 2.35. The Labute approximate surface area is 128 Å². The Hall–Kier alpha value is -0.870. The standard InChI is InChI=1S/C15H10BrClOS/c16-10-4-5-11(13(17)8-10)14(18)12-3-1-2-9-6-7-19-15(9)12/h1-8,14,18H. The molecular formula is C15H10BrClOS. The molecule has 0 aliphatic carbocycles. The van der Waals surface area contributed by atoms with Crippen LogP contribution in [-0.4, -0.2) is 5.11 Å². The van der Waals surface area contributed by atoms with Gasteiger partial charge in [-0.2, -0.15) is 0 Å². The van der Waals surface area contributed by atoms with E-state index >= 15 is 0 Å². The Morgan fingerprint density at radius 3 is 2.74 bits per heavy atom. The number of fused-ring (bicyclic) bond motifs is 1. The van der Waals surface area contributed by atoms with Crippen LogP contribution in [0.2, 0.25) is 5.02 Å². The molecule has 0 bridgehead atoms. The molecule has 1 aromatic heterocycles. The van der Waals surface area contributed by atoms with Gasteiger partial charge in [-0.15, -0.1) is 11.3 Å². The Kier molecular flexibility index (Phi) is 3.63. The van der Waals surface area contributed by atoms with E-state index in [1.54, 1.807) is 17.4 Å². The predicted octanol–water partition coefficient (Wildman–Crippen LogP) is 5.40. The first-order valence-corrected chi connectivity index (χ1v) is 7.81. The summed E-state index contributed by atoms with van der Waals surface area (Å²) in [7, 11) is 0. The van der Waals surface area contributed by atoms with Crippen molar-refractivity contribution >= 4 is 49.0 Å². The van der Waals surface area contributed by atoms with E-state index < -0.39 is 6.10 Å². The summed E-state index contributed by atoms with van der Waals surface area (Å²) in [6, 6.07) is 13.5. The summed E-state index contributed by atoms with van der Waals surface area (Å²) in [6.07, 6.45) is -0.706. The molecule has 0 fully saturated rings. The highest BCUT2D eigenvalue weighted by atomic mass is 79.9. The van der Waals surface area contributed by atoms with Crippen molar-refractivity contribution in [1.82, 2.24) is 0 Å². The van der Waals surface area contributed by atoms with Gasteiger partial charge in [0.05, 0.1) is 0 Å². The molecule has 1 heterocycles. The molecule has 1 nitrogen and oxygen atoms in total. The summed E-state index contributed by atoms with van der Waals surface area (Å²) in [6.45, 7) is 0. The van der Waals surface area contributed by atoms with E-state index in [-0.39, 0.29) is 0 Å². The molecule has 0 aliphatic heterocycles. The fourth-order valence-electron chi connectivity index (χ4n) is 2.12. The van der Waals surface area contributed by atoms with Crippen molar-refractivity contribution in [3.05, 3.63) is 68.5 Å². The van der Waals surface area contributed by atoms with Gasteiger partial charge in [0.1, 0.15) is 6.10 Å². The van der Waals surface area contributed by atoms with Crippen LogP contribution in [-0.2, 0) is 0 Å². The summed E-state index contributed by atoms with van der Waals surface area (Å²) in [5.41, 5.74) is 1.63. The molecule has 3 rings (SSSR count). The van der Waals surface area contributed by atoms with Crippen LogP contribution in [0, 0.1) is 0 Å². The van der Waals surface area contributed by atoms with Gasteiger partial charge in [-0.3, -0.25) is 0 Å². The quantitative estimate of drug-likeness (QED) is 0.654. The molecule has 1 unspecified atom stereocenters. The highest BCUT2D eigenvalue weighted by Gasteiger charge is 2.17. The van der Waals surface area contributed by atoms with Crippen molar-refractivity contribution in [2.45, 2.75) is 6.10 Å². The first-order chi connectivity index (χ1) is 9.16. The zero-order valence-electron chi connectivity index (χ0n) is 9.81. The van der Waals surface area contributed by atoms with Gasteiger partial charge >= 0.3 is 0 Å². The molecule has 19 heavy (non-hydrogen) atoms. The van der Waals surface area contributed by atoms with Crippen LogP contribution in [0.25, 0.3) is 10.1 Å². The molecule has 1 N–H and O–H groups in total. The molecule has 2 aromatic carbocycles. The minimum Gasteiger partial charge on any atom is -0.384 e. The SMILES string of the molecule is OC(c1ccc(Br)cc1Cl)c1cccc2ccsc12. The highest BCUT2D eigenvalue weighted by molar-refractivity contribution is 9.10. The van der Waals surface area contributed by atoms with Crippen molar-refractivity contribution in [2.24, 2.45) is 0 Å². The van der Waals surface area contributed by atoms with Crippen LogP contribution in [0.3, 0.4) is 0 Å². The third-order valence-corrected chi connectivity index (χ3v) is 4.86. The Bertz CT molecular complexity index is 738. The van der Waals surface area contributed by atoms with Crippen molar-refractivity contribution in [2.75, 3.05) is 0 Å². The van der Waals surface area contributed by atoms with Gasteiger partial charge < -0.3 is 5.11 Å². The number of rotatable bonds is 2. The number of hydrogen-bond donors (Lipinski definition) is 1. The maximum absolute atomic E-state index is 10.6. The number of benzene rings is 2. The van der Waals surface area contributed by atoms with E-state index in [0.717, 1.165) is 25.7 Å². The summed E-state index contributed by atoms with van der Waals surface area (Å²) in [4.78, 5) is 0. The topological polar surface area (TPSA) is 20.2 Å². The molecule has 96 valence electrons. The summed E-state index contributed by atoms with van der Waals surface area (Å²) in [5, 5.41) is 14.3. The number of thiophene rings is 1. The van der Waals surface area contributed by atoms with Crippen LogP contribution < -0.4 is 0 Å². The summed E-state index contributed by atoms with van der Waals surface area (Å²) in [5.74, 6) is 0. The number of halogens is 2. The van der Waals surface area contributed by atoms with E-state index in [0.29, 0.717) is 5.02 Å². The molecule has 0 aliphatic rings. The largest absolute Gasteiger partial charge is 0.384 e. The zero-order chi connectivity index (χ0) is 13.4. The second-order valence-corrected chi connectivity index (χ2v) is 6.49. The molecule has 0 spiro atoms. The summed E-state index contributed by atoms with van der Waals surface area (Å²) < 4.78 is 2.01. The van der Waals surface area contributed by atoms with Gasteiger partial charge in [-0.1, -0.05) is 51.8 Å². The second-order valence-electron chi connectivity index (χ2n) is 4.25. The van der Waals surface area contributed by atoms with E-state index in [4.69, 9.17) is 11.6 Å². The minimum atomic E-state index is -0.706. The Morgan fingerprint density at radius 2 is 1.95 bits per heavy atom. The molecule has 3 aromatic rings. The predicted molar refractivity (Wildman–Crippen MR) is 85.0 cm³/mol. The van der Waals surface area contributed by atoms with Gasteiger partial charge in [0.25, 0.3) is 0 Å². The fraction of sp³-hybridized carbons (Fsp3) is 0.0667. The minimum absolute atomic E-state index is 0.565. The Morgan fingerprint density at radius 1 is 1.11 bits per heavy atom. The number of hydrogen-bond acceptors (Lipinski definition) is 2. The van der Waals surface area contributed by atoms with Gasteiger partial charge in [0.15, 0.2) is 0 Å². The maximum Gasteiger partial charge on any atom is 0.107 e. The monoisotopic (exact) mass is 352 g/mol. The average Bonchev–Trinajstić information content (AvgIpc) is 2.86. The van der Waals surface area contributed by atoms with Crippen molar-refractivity contribution < 1.29 is 5.11 Å². The van der Waals surface area contributed by atoms with Crippen LogP contribution in [0.1, 0.15) is 17.2 Å². The average molecular weight is 354 g/mol. The van der Waals surface area contributed by atoms with Crippen molar-refractivity contribution in [1.29, 1.82) is 0 Å². The van der Waals surface area contributed by atoms with Gasteiger partial charge in [0.2, 0.25) is 0 Å². The van der Waals surface area contributed by atoms with Crippen molar-refractivity contribution in [3.8, 4) is 0 Å². The number of aliphatic hydroxyl groups excluding tert-OH is 1. The van der Waals surface area contributed by atoms with Crippen LogP contribution >= 0.6 is 38.9 Å². The number of aliphatic hydroxyl groups is 1. The van der Waals surface area contributed by atoms with Gasteiger partial charge in [-0.05, 0) is 29.0 Å². The van der Waals surface area contributed by atoms with E-state index in [9.17, 15) is 5.11 Å². The second kappa shape index (κ2) is 5.25. The van der Waals surface area contributed by atoms with Crippen molar-refractivity contribution in [3.63, 3.8) is 0 Å². The lowest BCUT2D eigenvalue weighted by Gasteiger charge is -2.14. The van der Waals surface area contributed by atoms with Gasteiger partial charge in [0, 0.05) is 25.3 Å². The lowest BCUT2D eigenvalue weighted by Crippen LogP contribution is -2.00. The molecule has 1 atom stereocenters. The third kappa shape index (κ3) is 2.43. The molecule has 0 saturated carbocycles. The maximum atomic E-state index is 10.6. The van der Waals surface area contributed by atoms with E-state index in [1.165, 1.54) is 0 Å².